The van der Waals surface area contributed by atoms with Crippen LogP contribution in [0.1, 0.15) is 29.3 Å². The molecule has 0 saturated heterocycles. The van der Waals surface area contributed by atoms with Gasteiger partial charge in [-0.1, -0.05) is 43.0 Å². The molecule has 4 rings (SSSR count). The van der Waals surface area contributed by atoms with E-state index in [-0.39, 0.29) is 17.2 Å². The Labute approximate surface area is 177 Å². The fraction of sp³-hybridized carbons (Fsp3) is 0.318. The van der Waals surface area contributed by atoms with Gasteiger partial charge < -0.3 is 5.32 Å². The number of anilines is 1. The summed E-state index contributed by atoms with van der Waals surface area (Å²) < 4.78 is 1.69. The van der Waals surface area contributed by atoms with Gasteiger partial charge in [0.1, 0.15) is 11.9 Å². The summed E-state index contributed by atoms with van der Waals surface area (Å²) in [5, 5.41) is 4.43. The first-order chi connectivity index (χ1) is 14.1. The highest BCUT2D eigenvalue weighted by molar-refractivity contribution is 7.99. The molecule has 2 heterocycles. The van der Waals surface area contributed by atoms with E-state index in [1.54, 1.807) is 22.0 Å². The SMILES string of the molecule is C=CCn1c(SCC(=O)Nc2ccc(CC)cc2)[nH+]c2sc3c(c2c1=O)CCC3. The zero-order chi connectivity index (χ0) is 20.4. The Bertz CT molecular complexity index is 1130. The molecular formula is C22H24N3O2S2+. The molecule has 1 aliphatic carbocycles. The summed E-state index contributed by atoms with van der Waals surface area (Å²) in [5.41, 5.74) is 3.23. The van der Waals surface area contributed by atoms with Gasteiger partial charge in [-0.05, 0) is 60.7 Å². The molecule has 7 heteroatoms. The Morgan fingerprint density at radius 2 is 2.14 bits per heavy atom. The fourth-order valence-electron chi connectivity index (χ4n) is 3.67. The molecule has 1 amide bonds. The lowest BCUT2D eigenvalue weighted by Crippen LogP contribution is -2.30. The van der Waals surface area contributed by atoms with E-state index in [2.05, 4.69) is 23.8 Å². The summed E-state index contributed by atoms with van der Waals surface area (Å²) in [6.07, 6.45) is 5.82. The molecular weight excluding hydrogens is 402 g/mol. The van der Waals surface area contributed by atoms with Crippen molar-refractivity contribution in [1.82, 2.24) is 4.57 Å². The average molecular weight is 427 g/mol. The van der Waals surface area contributed by atoms with Crippen LogP contribution in [0.5, 0.6) is 0 Å². The Morgan fingerprint density at radius 3 is 2.86 bits per heavy atom. The van der Waals surface area contributed by atoms with Gasteiger partial charge in [-0.25, -0.2) is 9.78 Å². The largest absolute Gasteiger partial charge is 0.347 e. The number of nitrogens with zero attached hydrogens (tertiary/aromatic N) is 1. The second kappa shape index (κ2) is 8.55. The molecule has 0 aliphatic heterocycles. The van der Waals surface area contributed by atoms with Crippen molar-refractivity contribution in [3.8, 4) is 0 Å². The van der Waals surface area contributed by atoms with Crippen LogP contribution in [0.15, 0.2) is 46.9 Å². The first kappa shape index (κ1) is 19.9. The van der Waals surface area contributed by atoms with Gasteiger partial charge in [0.2, 0.25) is 5.91 Å². The molecule has 0 atom stereocenters. The minimum atomic E-state index is -0.0981. The molecule has 0 spiro atoms. The summed E-state index contributed by atoms with van der Waals surface area (Å²) in [4.78, 5) is 31.2. The third kappa shape index (κ3) is 4.02. The maximum absolute atomic E-state index is 13.1. The molecule has 0 bridgehead atoms. The molecule has 5 nitrogen and oxygen atoms in total. The van der Waals surface area contributed by atoms with Gasteiger partial charge in [-0.2, -0.15) is 4.57 Å². The Hall–Kier alpha value is -2.38. The number of allylic oxidation sites excluding steroid dienone is 1. The number of nitrogens with one attached hydrogen (secondary N) is 2. The van der Waals surface area contributed by atoms with E-state index >= 15 is 0 Å². The van der Waals surface area contributed by atoms with Gasteiger partial charge >= 0.3 is 10.7 Å². The molecule has 1 aliphatic rings. The number of aryl methyl sites for hydroxylation is 3. The van der Waals surface area contributed by atoms with Gasteiger partial charge in [-0.3, -0.25) is 4.79 Å². The number of aromatic nitrogens is 2. The van der Waals surface area contributed by atoms with Crippen molar-refractivity contribution in [2.75, 3.05) is 11.1 Å². The topological polar surface area (TPSA) is 65.2 Å². The first-order valence-corrected chi connectivity index (χ1v) is 11.6. The summed E-state index contributed by atoms with van der Waals surface area (Å²) in [5.74, 6) is 0.123. The summed E-state index contributed by atoms with van der Waals surface area (Å²) in [6.45, 7) is 6.30. The van der Waals surface area contributed by atoms with Gasteiger partial charge in [0.25, 0.3) is 0 Å². The fourth-order valence-corrected chi connectivity index (χ4v) is 5.85. The van der Waals surface area contributed by atoms with Crippen molar-refractivity contribution in [3.63, 3.8) is 0 Å². The summed E-state index contributed by atoms with van der Waals surface area (Å²) in [7, 11) is 0. The predicted molar refractivity (Wildman–Crippen MR) is 120 cm³/mol. The number of hydrogen-bond acceptors (Lipinski definition) is 4. The van der Waals surface area contributed by atoms with E-state index in [1.165, 1.54) is 27.8 Å². The third-order valence-electron chi connectivity index (χ3n) is 5.14. The van der Waals surface area contributed by atoms with Crippen molar-refractivity contribution >= 4 is 44.9 Å². The van der Waals surface area contributed by atoms with Crippen LogP contribution < -0.4 is 15.9 Å². The Balaban J connectivity index is 1.55. The van der Waals surface area contributed by atoms with Crippen molar-refractivity contribution in [2.24, 2.45) is 0 Å². The number of carbonyl (C=O) groups is 1. The van der Waals surface area contributed by atoms with Crippen LogP contribution in [0.25, 0.3) is 10.2 Å². The van der Waals surface area contributed by atoms with E-state index in [4.69, 9.17) is 0 Å². The summed E-state index contributed by atoms with van der Waals surface area (Å²) >= 11 is 3.02. The molecule has 0 fully saturated rings. The number of amides is 1. The van der Waals surface area contributed by atoms with Crippen LogP contribution in [0.4, 0.5) is 5.69 Å². The lowest BCUT2D eigenvalue weighted by Gasteiger charge is -2.06. The van der Waals surface area contributed by atoms with Crippen molar-refractivity contribution in [2.45, 2.75) is 44.3 Å². The van der Waals surface area contributed by atoms with E-state index in [9.17, 15) is 9.59 Å². The smallest absolute Gasteiger partial charge is 0.325 e. The number of rotatable bonds is 7. The second-order valence-electron chi connectivity index (χ2n) is 7.08. The number of aromatic amines is 1. The Morgan fingerprint density at radius 1 is 1.34 bits per heavy atom. The normalized spacial score (nSPS) is 12.9. The van der Waals surface area contributed by atoms with Crippen molar-refractivity contribution in [3.05, 3.63) is 63.3 Å². The molecule has 2 N–H and O–H groups in total. The summed E-state index contributed by atoms with van der Waals surface area (Å²) in [6, 6.07) is 7.87. The number of H-pyrrole nitrogens is 1. The molecule has 3 aromatic rings. The minimum absolute atomic E-state index is 0.0103. The molecule has 2 aromatic heterocycles. The van der Waals surface area contributed by atoms with E-state index in [0.717, 1.165) is 41.6 Å². The minimum Gasteiger partial charge on any atom is -0.325 e. The molecule has 0 unspecified atom stereocenters. The van der Waals surface area contributed by atoms with Crippen LogP contribution in [0.3, 0.4) is 0 Å². The molecule has 1 aromatic carbocycles. The van der Waals surface area contributed by atoms with Crippen molar-refractivity contribution < 1.29 is 9.78 Å². The number of thiophene rings is 1. The molecule has 150 valence electrons. The second-order valence-corrected chi connectivity index (χ2v) is 9.15. The number of fused-ring (bicyclic) bond motifs is 3. The van der Waals surface area contributed by atoms with Crippen LogP contribution in [-0.4, -0.2) is 16.2 Å². The van der Waals surface area contributed by atoms with Gasteiger partial charge in [0.15, 0.2) is 4.83 Å². The maximum Gasteiger partial charge on any atom is 0.347 e. The quantitative estimate of drug-likeness (QED) is 0.355. The van der Waals surface area contributed by atoms with Gasteiger partial charge in [0, 0.05) is 10.6 Å². The highest BCUT2D eigenvalue weighted by Gasteiger charge is 2.27. The zero-order valence-electron chi connectivity index (χ0n) is 16.4. The van der Waals surface area contributed by atoms with Gasteiger partial charge in [0.05, 0.1) is 5.75 Å². The lowest BCUT2D eigenvalue weighted by molar-refractivity contribution is -0.404. The van der Waals surface area contributed by atoms with Crippen LogP contribution in [0.2, 0.25) is 0 Å². The highest BCUT2D eigenvalue weighted by Crippen LogP contribution is 2.34. The molecule has 0 saturated carbocycles. The number of carbonyl (C=O) groups excluding carboxylic acids is 1. The number of benzene rings is 1. The standard InChI is InChI=1S/C22H23N3O2S2/c1-3-12-25-21(27)19-16-6-5-7-17(16)29-20(19)24-22(25)28-13-18(26)23-15-10-8-14(4-2)9-11-15/h3,8-11H,1,4-7,12-13H2,2H3,(H,23,26)/p+1. The maximum atomic E-state index is 13.1. The Kier molecular flexibility index (Phi) is 5.87. The van der Waals surface area contributed by atoms with Crippen LogP contribution in [-0.2, 0) is 30.6 Å². The first-order valence-electron chi connectivity index (χ1n) is 9.83. The predicted octanol–water partition coefficient (Wildman–Crippen LogP) is 3.85. The van der Waals surface area contributed by atoms with E-state index in [1.807, 2.05) is 24.3 Å². The van der Waals surface area contributed by atoms with E-state index in [0.29, 0.717) is 11.7 Å². The van der Waals surface area contributed by atoms with Gasteiger partial charge in [-0.15, -0.1) is 0 Å². The van der Waals surface area contributed by atoms with Crippen molar-refractivity contribution in [1.29, 1.82) is 0 Å². The van der Waals surface area contributed by atoms with E-state index < -0.39 is 0 Å². The number of hydrogen-bond donors (Lipinski definition) is 1. The lowest BCUT2D eigenvalue weighted by atomic mass is 10.1. The third-order valence-corrected chi connectivity index (χ3v) is 7.35. The highest BCUT2D eigenvalue weighted by atomic mass is 32.2. The van der Waals surface area contributed by atoms with Crippen LogP contribution in [0, 0.1) is 0 Å². The molecule has 29 heavy (non-hydrogen) atoms. The monoisotopic (exact) mass is 426 g/mol. The average Bonchev–Trinajstić information content (AvgIpc) is 3.30. The number of thioether (sulfide) groups is 1. The zero-order valence-corrected chi connectivity index (χ0v) is 18.0. The molecule has 0 radical (unpaired) electrons. The van der Waals surface area contributed by atoms with Crippen LogP contribution >= 0.6 is 23.1 Å².